The standard InChI is InChI=1S/C31H30N2O8/c1-6-41-30(38)23-15(2)20-21-24(28(36)32(26(21)34)16-7-11-18(39-4)12-8-16)31(23,3)25-22(20)27(35)33(29(25)37)17-9-13-19(40-5)14-10-17/h7-14,20-22,24-25H,6H2,1-5H3/t20?,21-,22-,24-,25+,31?/m1/s1. The lowest BCUT2D eigenvalue weighted by Gasteiger charge is -2.55. The molecule has 0 N–H and O–H groups in total. The van der Waals surface area contributed by atoms with Crippen LogP contribution in [0.2, 0.25) is 0 Å². The minimum Gasteiger partial charge on any atom is -0.497 e. The minimum atomic E-state index is -1.46. The maximum absolute atomic E-state index is 14.2. The first-order valence-corrected chi connectivity index (χ1v) is 13.5. The summed E-state index contributed by atoms with van der Waals surface area (Å²) >= 11 is 0. The summed E-state index contributed by atoms with van der Waals surface area (Å²) in [6, 6.07) is 13.1. The Bertz CT molecular complexity index is 1430. The first-order valence-electron chi connectivity index (χ1n) is 13.5. The maximum Gasteiger partial charge on any atom is 0.334 e. The minimum absolute atomic E-state index is 0.0915. The number of esters is 1. The van der Waals surface area contributed by atoms with Crippen molar-refractivity contribution < 1.29 is 38.2 Å². The zero-order valence-electron chi connectivity index (χ0n) is 23.4. The Morgan fingerprint density at radius 2 is 1.15 bits per heavy atom. The van der Waals surface area contributed by atoms with Crippen LogP contribution in [0.4, 0.5) is 11.4 Å². The Labute approximate surface area is 236 Å². The van der Waals surface area contributed by atoms with Crippen LogP contribution in [0.3, 0.4) is 0 Å². The number of ether oxygens (including phenoxy) is 3. The molecule has 5 aliphatic rings. The number of benzene rings is 2. The number of allylic oxidation sites excluding steroid dienone is 1. The molecule has 4 amide bonds. The molecule has 10 nitrogen and oxygen atoms in total. The van der Waals surface area contributed by atoms with Gasteiger partial charge in [-0.05, 0) is 62.4 Å². The summed E-state index contributed by atoms with van der Waals surface area (Å²) in [6.07, 6.45) is 0. The van der Waals surface area contributed by atoms with E-state index in [1.807, 2.05) is 0 Å². The van der Waals surface area contributed by atoms with Gasteiger partial charge in [0.25, 0.3) is 0 Å². The fourth-order valence-corrected chi connectivity index (χ4v) is 7.78. The molecule has 2 heterocycles. The second kappa shape index (κ2) is 9.29. The molecule has 7 rings (SSSR count). The zero-order valence-corrected chi connectivity index (χ0v) is 23.4. The Balaban J connectivity index is 1.51. The number of carbonyl (C=O) groups excluding carboxylic acids is 5. The molecule has 2 aromatic rings. The van der Waals surface area contributed by atoms with Crippen molar-refractivity contribution in [3.05, 3.63) is 59.7 Å². The van der Waals surface area contributed by atoms with Crippen molar-refractivity contribution in [2.45, 2.75) is 20.8 Å². The third-order valence-electron chi connectivity index (χ3n) is 9.34. The molecule has 2 aromatic carbocycles. The van der Waals surface area contributed by atoms with Crippen molar-refractivity contribution >= 4 is 41.0 Å². The largest absolute Gasteiger partial charge is 0.497 e. The number of nitrogens with zero attached hydrogens (tertiary/aromatic N) is 2. The molecular weight excluding hydrogens is 528 g/mol. The zero-order chi connectivity index (χ0) is 29.4. The third kappa shape index (κ3) is 3.39. The predicted molar refractivity (Wildman–Crippen MR) is 146 cm³/mol. The van der Waals surface area contributed by atoms with Gasteiger partial charge in [0.15, 0.2) is 0 Å². The van der Waals surface area contributed by atoms with Crippen LogP contribution >= 0.6 is 0 Å². The summed E-state index contributed by atoms with van der Waals surface area (Å²) in [4.78, 5) is 72.3. The molecule has 0 spiro atoms. The van der Waals surface area contributed by atoms with Crippen LogP contribution in [0.5, 0.6) is 11.5 Å². The number of carbonyl (C=O) groups is 5. The van der Waals surface area contributed by atoms with Crippen LogP contribution in [-0.2, 0) is 28.7 Å². The van der Waals surface area contributed by atoms with Gasteiger partial charge in [0.2, 0.25) is 23.6 Å². The van der Waals surface area contributed by atoms with E-state index in [1.165, 1.54) is 14.2 Å². The molecule has 3 fully saturated rings. The number of methoxy groups -OCH3 is 2. The van der Waals surface area contributed by atoms with Crippen molar-refractivity contribution in [3.63, 3.8) is 0 Å². The number of amides is 4. The van der Waals surface area contributed by atoms with Gasteiger partial charge in [-0.1, -0.05) is 12.5 Å². The molecule has 1 saturated carbocycles. The number of hydrogen-bond acceptors (Lipinski definition) is 8. The summed E-state index contributed by atoms with van der Waals surface area (Å²) in [5.74, 6) is -6.15. The van der Waals surface area contributed by atoms with Gasteiger partial charge in [-0.15, -0.1) is 0 Å². The molecule has 10 heteroatoms. The fourth-order valence-electron chi connectivity index (χ4n) is 7.78. The average Bonchev–Trinajstić information content (AvgIpc) is 3.39. The summed E-state index contributed by atoms with van der Waals surface area (Å²) in [6.45, 7) is 5.14. The first-order chi connectivity index (χ1) is 19.6. The van der Waals surface area contributed by atoms with Gasteiger partial charge in [-0.25, -0.2) is 4.79 Å². The van der Waals surface area contributed by atoms with Crippen molar-refractivity contribution in [2.75, 3.05) is 30.6 Å². The highest BCUT2D eigenvalue weighted by Crippen LogP contribution is 2.68. The van der Waals surface area contributed by atoms with Crippen molar-refractivity contribution in [1.82, 2.24) is 0 Å². The van der Waals surface area contributed by atoms with Gasteiger partial charge in [0.1, 0.15) is 11.5 Å². The summed E-state index contributed by atoms with van der Waals surface area (Å²) in [5.41, 5.74) is -0.0128. The highest BCUT2D eigenvalue weighted by atomic mass is 16.5. The molecule has 2 unspecified atom stereocenters. The summed E-state index contributed by atoms with van der Waals surface area (Å²) < 4.78 is 15.9. The first kappa shape index (κ1) is 26.7. The predicted octanol–water partition coefficient (Wildman–Crippen LogP) is 3.14. The fraction of sp³-hybridized carbons (Fsp3) is 0.387. The van der Waals surface area contributed by atoms with Crippen molar-refractivity contribution in [1.29, 1.82) is 0 Å². The number of imide groups is 2. The lowest BCUT2D eigenvalue weighted by Crippen LogP contribution is -2.61. The van der Waals surface area contributed by atoms with E-state index < -0.39 is 64.6 Å². The van der Waals surface area contributed by atoms with Gasteiger partial charge in [0.05, 0.1) is 55.9 Å². The third-order valence-corrected chi connectivity index (χ3v) is 9.34. The van der Waals surface area contributed by atoms with Crippen LogP contribution in [0.25, 0.3) is 0 Å². The topological polar surface area (TPSA) is 120 Å². The molecule has 2 bridgehead atoms. The number of anilines is 2. The van der Waals surface area contributed by atoms with E-state index in [9.17, 15) is 24.0 Å². The average molecular weight is 559 g/mol. The molecular formula is C31H30N2O8. The monoisotopic (exact) mass is 558 g/mol. The van der Waals surface area contributed by atoms with E-state index in [4.69, 9.17) is 14.2 Å². The van der Waals surface area contributed by atoms with Crippen LogP contribution < -0.4 is 19.3 Å². The lowest BCUT2D eigenvalue weighted by molar-refractivity contribution is -0.155. The van der Waals surface area contributed by atoms with Gasteiger partial charge in [0, 0.05) is 16.9 Å². The quantitative estimate of drug-likeness (QED) is 0.392. The van der Waals surface area contributed by atoms with Crippen LogP contribution in [0.1, 0.15) is 20.8 Å². The second-order valence-corrected chi connectivity index (χ2v) is 11.0. The summed E-state index contributed by atoms with van der Waals surface area (Å²) in [5, 5.41) is 0. The Kier molecular flexibility index (Phi) is 6.06. The van der Waals surface area contributed by atoms with E-state index in [1.54, 1.807) is 69.3 Å². The lowest BCUT2D eigenvalue weighted by atomic mass is 9.43. The highest BCUT2D eigenvalue weighted by Gasteiger charge is 2.77. The molecule has 212 valence electrons. The van der Waals surface area contributed by atoms with Gasteiger partial charge >= 0.3 is 5.97 Å². The molecule has 0 radical (unpaired) electrons. The van der Waals surface area contributed by atoms with Crippen LogP contribution in [0.15, 0.2) is 59.7 Å². The molecule has 2 aliphatic heterocycles. The van der Waals surface area contributed by atoms with E-state index in [0.29, 0.717) is 28.4 Å². The van der Waals surface area contributed by atoms with E-state index in [0.717, 1.165) is 9.80 Å². The van der Waals surface area contributed by atoms with Crippen molar-refractivity contribution in [3.8, 4) is 11.5 Å². The number of rotatable bonds is 6. The maximum atomic E-state index is 14.2. The summed E-state index contributed by atoms with van der Waals surface area (Å²) in [7, 11) is 3.03. The normalized spacial score (nSPS) is 30.1. The van der Waals surface area contributed by atoms with Gasteiger partial charge in [-0.2, -0.15) is 0 Å². The van der Waals surface area contributed by atoms with E-state index in [2.05, 4.69) is 0 Å². The molecule has 0 aromatic heterocycles. The van der Waals surface area contributed by atoms with Crippen LogP contribution in [-0.4, -0.2) is 50.4 Å². The van der Waals surface area contributed by atoms with Crippen LogP contribution in [0, 0.1) is 35.0 Å². The molecule has 3 aliphatic carbocycles. The Morgan fingerprint density at radius 3 is 1.51 bits per heavy atom. The molecule has 6 atom stereocenters. The van der Waals surface area contributed by atoms with Crippen molar-refractivity contribution in [2.24, 2.45) is 35.0 Å². The van der Waals surface area contributed by atoms with Gasteiger partial charge in [-0.3, -0.25) is 29.0 Å². The second-order valence-electron chi connectivity index (χ2n) is 11.0. The highest BCUT2D eigenvalue weighted by molar-refractivity contribution is 6.27. The molecule has 2 saturated heterocycles. The SMILES string of the molecule is CCOC(=O)C1=C(C)C2[C@H]3C(=O)N(c4ccc(OC)cc4)C(=O)[C@H]3C1(C)[C@H]1C(=O)N(c3ccc(OC)cc3)C(=O)[C@H]21. The Hall–Kier alpha value is -4.47. The van der Waals surface area contributed by atoms with E-state index >= 15 is 0 Å². The van der Waals surface area contributed by atoms with Gasteiger partial charge < -0.3 is 14.2 Å². The van der Waals surface area contributed by atoms with E-state index in [-0.39, 0.29) is 12.2 Å². The Morgan fingerprint density at radius 1 is 0.732 bits per heavy atom. The number of hydrogen-bond donors (Lipinski definition) is 0. The molecule has 41 heavy (non-hydrogen) atoms. The smallest absolute Gasteiger partial charge is 0.334 e.